The third-order valence-electron chi connectivity index (χ3n) is 3.31. The summed E-state index contributed by atoms with van der Waals surface area (Å²) in [6, 6.07) is 0. The van der Waals surface area contributed by atoms with Crippen LogP contribution in [0.25, 0.3) is 0 Å². The molecule has 0 amide bonds. The van der Waals surface area contributed by atoms with E-state index in [0.717, 1.165) is 32.4 Å². The van der Waals surface area contributed by atoms with Crippen molar-refractivity contribution in [2.75, 3.05) is 31.6 Å². The Labute approximate surface area is 105 Å². The molecule has 0 N–H and O–H groups in total. The third-order valence-corrected chi connectivity index (χ3v) is 4.24. The summed E-state index contributed by atoms with van der Waals surface area (Å²) in [5.74, 6) is 0.268. The number of rotatable bonds is 6. The lowest BCUT2D eigenvalue weighted by molar-refractivity contribution is -0.0348. The molecule has 0 saturated carbocycles. The monoisotopic (exact) mass is 263 g/mol. The number of hydrogen-bond donors (Lipinski definition) is 0. The summed E-state index contributed by atoms with van der Waals surface area (Å²) >= 11 is 0. The molecule has 4 nitrogen and oxygen atoms in total. The summed E-state index contributed by atoms with van der Waals surface area (Å²) in [6.07, 6.45) is 5.09. The summed E-state index contributed by atoms with van der Waals surface area (Å²) in [5, 5.41) is 0. The highest BCUT2D eigenvalue weighted by atomic mass is 32.2. The van der Waals surface area contributed by atoms with Crippen LogP contribution >= 0.6 is 0 Å². The highest BCUT2D eigenvalue weighted by molar-refractivity contribution is 7.90. The Morgan fingerprint density at radius 2 is 1.94 bits per heavy atom. The lowest BCUT2D eigenvalue weighted by Gasteiger charge is -2.32. The molecule has 17 heavy (non-hydrogen) atoms. The second-order valence-corrected chi connectivity index (χ2v) is 7.29. The quantitative estimate of drug-likeness (QED) is 0.725. The molecule has 1 aliphatic rings. The van der Waals surface area contributed by atoms with Crippen molar-refractivity contribution in [3.63, 3.8) is 0 Å². The zero-order chi connectivity index (χ0) is 12.9. The Bertz CT molecular complexity index is 308. The maximum atomic E-state index is 11.1. The van der Waals surface area contributed by atoms with Gasteiger partial charge in [0.15, 0.2) is 0 Å². The van der Waals surface area contributed by atoms with Gasteiger partial charge < -0.3 is 9.64 Å². The molecular formula is C12H25NO3S. The van der Waals surface area contributed by atoms with E-state index in [1.165, 1.54) is 6.26 Å². The van der Waals surface area contributed by atoms with Gasteiger partial charge in [-0.25, -0.2) is 8.42 Å². The first-order valence-electron chi connectivity index (χ1n) is 6.46. The van der Waals surface area contributed by atoms with Gasteiger partial charge in [-0.1, -0.05) is 6.92 Å². The van der Waals surface area contributed by atoms with Gasteiger partial charge in [0.1, 0.15) is 9.84 Å². The standard InChI is InChI=1S/C12H25NO3S/c1-4-11(2)16-12-5-7-13(8-6-12)9-10-17(3,14)15/h11-12H,4-10H2,1-3H3. The van der Waals surface area contributed by atoms with Gasteiger partial charge in [0.05, 0.1) is 18.0 Å². The van der Waals surface area contributed by atoms with Crippen LogP contribution in [0.4, 0.5) is 0 Å². The highest BCUT2D eigenvalue weighted by Gasteiger charge is 2.21. The molecule has 0 aromatic heterocycles. The normalized spacial score (nSPS) is 21.6. The average Bonchev–Trinajstić information content (AvgIpc) is 2.27. The van der Waals surface area contributed by atoms with Crippen molar-refractivity contribution in [3.05, 3.63) is 0 Å². The number of sulfone groups is 1. The minimum absolute atomic E-state index is 0.268. The minimum Gasteiger partial charge on any atom is -0.375 e. The van der Waals surface area contributed by atoms with E-state index < -0.39 is 9.84 Å². The molecule has 102 valence electrons. The summed E-state index contributed by atoms with van der Waals surface area (Å²) in [6.45, 7) is 6.81. The molecule has 0 spiro atoms. The first-order valence-corrected chi connectivity index (χ1v) is 8.52. The number of likely N-dealkylation sites (tertiary alicyclic amines) is 1. The second-order valence-electron chi connectivity index (χ2n) is 5.03. The van der Waals surface area contributed by atoms with E-state index in [9.17, 15) is 8.42 Å². The van der Waals surface area contributed by atoms with E-state index in [0.29, 0.717) is 18.8 Å². The Morgan fingerprint density at radius 1 is 1.35 bits per heavy atom. The van der Waals surface area contributed by atoms with E-state index in [-0.39, 0.29) is 5.75 Å². The predicted molar refractivity (Wildman–Crippen MR) is 70.0 cm³/mol. The van der Waals surface area contributed by atoms with Crippen LogP contribution in [-0.4, -0.2) is 57.2 Å². The Hall–Kier alpha value is -0.130. The fourth-order valence-corrected chi connectivity index (χ4v) is 2.58. The summed E-state index contributed by atoms with van der Waals surface area (Å²) < 4.78 is 28.0. The van der Waals surface area contributed by atoms with E-state index in [1.807, 2.05) is 0 Å². The lowest BCUT2D eigenvalue weighted by Crippen LogP contribution is -2.40. The smallest absolute Gasteiger partial charge is 0.148 e. The molecule has 1 unspecified atom stereocenters. The summed E-state index contributed by atoms with van der Waals surface area (Å²) in [7, 11) is -2.83. The maximum Gasteiger partial charge on any atom is 0.148 e. The van der Waals surface area contributed by atoms with Crippen molar-refractivity contribution in [2.45, 2.75) is 45.3 Å². The summed E-state index contributed by atoms with van der Waals surface area (Å²) in [4.78, 5) is 2.22. The van der Waals surface area contributed by atoms with Crippen molar-refractivity contribution < 1.29 is 13.2 Å². The van der Waals surface area contributed by atoms with E-state index >= 15 is 0 Å². The van der Waals surface area contributed by atoms with Crippen molar-refractivity contribution in [1.29, 1.82) is 0 Å². The van der Waals surface area contributed by atoms with Crippen molar-refractivity contribution in [3.8, 4) is 0 Å². The average molecular weight is 263 g/mol. The van der Waals surface area contributed by atoms with Gasteiger partial charge >= 0.3 is 0 Å². The number of ether oxygens (including phenoxy) is 1. The molecule has 1 saturated heterocycles. The first-order chi connectivity index (χ1) is 7.90. The van der Waals surface area contributed by atoms with Crippen LogP contribution in [0.5, 0.6) is 0 Å². The van der Waals surface area contributed by atoms with Crippen LogP contribution in [0.2, 0.25) is 0 Å². The number of nitrogens with zero attached hydrogens (tertiary/aromatic N) is 1. The van der Waals surface area contributed by atoms with E-state index in [4.69, 9.17) is 4.74 Å². The molecule has 1 heterocycles. The minimum atomic E-state index is -2.83. The van der Waals surface area contributed by atoms with Crippen LogP contribution in [-0.2, 0) is 14.6 Å². The van der Waals surface area contributed by atoms with Crippen LogP contribution < -0.4 is 0 Å². The third kappa shape index (κ3) is 6.38. The van der Waals surface area contributed by atoms with Crippen LogP contribution in [0.1, 0.15) is 33.1 Å². The lowest BCUT2D eigenvalue weighted by atomic mass is 10.1. The fourth-order valence-electron chi connectivity index (χ4n) is 1.99. The van der Waals surface area contributed by atoms with E-state index in [2.05, 4.69) is 18.7 Å². The highest BCUT2D eigenvalue weighted by Crippen LogP contribution is 2.16. The summed E-state index contributed by atoms with van der Waals surface area (Å²) in [5.41, 5.74) is 0. The van der Waals surface area contributed by atoms with Crippen LogP contribution in [0.3, 0.4) is 0 Å². The van der Waals surface area contributed by atoms with Gasteiger partial charge in [-0.05, 0) is 26.2 Å². The first kappa shape index (κ1) is 14.9. The largest absolute Gasteiger partial charge is 0.375 e. The topological polar surface area (TPSA) is 46.6 Å². The second kappa shape index (κ2) is 6.71. The molecule has 1 fully saturated rings. The van der Waals surface area contributed by atoms with Gasteiger partial charge in [0.2, 0.25) is 0 Å². The van der Waals surface area contributed by atoms with Crippen molar-refractivity contribution in [1.82, 2.24) is 4.90 Å². The van der Waals surface area contributed by atoms with Gasteiger partial charge in [-0.15, -0.1) is 0 Å². The molecule has 0 radical (unpaired) electrons. The molecule has 0 aromatic rings. The number of hydrogen-bond acceptors (Lipinski definition) is 4. The predicted octanol–water partition coefficient (Wildman–Crippen LogP) is 1.31. The molecule has 1 atom stereocenters. The molecule has 0 aliphatic carbocycles. The van der Waals surface area contributed by atoms with E-state index in [1.54, 1.807) is 0 Å². The number of piperidine rings is 1. The Balaban J connectivity index is 2.22. The zero-order valence-corrected chi connectivity index (χ0v) is 12.0. The zero-order valence-electron chi connectivity index (χ0n) is 11.2. The fraction of sp³-hybridized carbons (Fsp3) is 1.00. The molecule has 0 aromatic carbocycles. The van der Waals surface area contributed by atoms with Gasteiger partial charge in [0.25, 0.3) is 0 Å². The molecule has 0 bridgehead atoms. The molecule has 1 rings (SSSR count). The van der Waals surface area contributed by atoms with Crippen LogP contribution in [0, 0.1) is 0 Å². The van der Waals surface area contributed by atoms with Gasteiger partial charge in [-0.2, -0.15) is 0 Å². The molecule has 5 heteroatoms. The van der Waals surface area contributed by atoms with Gasteiger partial charge in [-0.3, -0.25) is 0 Å². The Kier molecular flexibility index (Phi) is 5.89. The maximum absolute atomic E-state index is 11.1. The van der Waals surface area contributed by atoms with Crippen LogP contribution in [0.15, 0.2) is 0 Å². The molecule has 1 aliphatic heterocycles. The molecular weight excluding hydrogens is 238 g/mol. The van der Waals surface area contributed by atoms with Gasteiger partial charge in [0, 0.05) is 25.9 Å². The SMILES string of the molecule is CCC(C)OC1CCN(CCS(C)(=O)=O)CC1. The van der Waals surface area contributed by atoms with Crippen molar-refractivity contribution >= 4 is 9.84 Å². The Morgan fingerprint density at radius 3 is 2.41 bits per heavy atom. The van der Waals surface area contributed by atoms with Crippen molar-refractivity contribution in [2.24, 2.45) is 0 Å².